The number of fused-ring (bicyclic) bond motifs is 2. The van der Waals surface area contributed by atoms with Crippen LogP contribution in [0.25, 0.3) is 0 Å². The number of nitrogens with one attached hydrogen (secondary N) is 2. The number of hydrogen-bond donors (Lipinski definition) is 2. The lowest BCUT2D eigenvalue weighted by Crippen LogP contribution is -2.38. The smallest absolute Gasteiger partial charge is 0.155 e. The van der Waals surface area contributed by atoms with E-state index >= 15 is 0 Å². The molecule has 0 spiro atoms. The molecule has 3 rings (SSSR count). The summed E-state index contributed by atoms with van der Waals surface area (Å²) in [7, 11) is 0. The number of rotatable bonds is 0. The standard InChI is InChI=1S/C9H11ClN4/c10-7-3-9-13-12-5-14(9)8-1-2-11-4-6(7)8/h3,11-12H,1-2,4-5H2. The van der Waals surface area contributed by atoms with Gasteiger partial charge in [0.2, 0.25) is 0 Å². The molecule has 0 bridgehead atoms. The molecule has 0 saturated carbocycles. The van der Waals surface area contributed by atoms with E-state index in [9.17, 15) is 0 Å². The maximum Gasteiger partial charge on any atom is 0.155 e. The van der Waals surface area contributed by atoms with Crippen molar-refractivity contribution >= 4 is 17.4 Å². The van der Waals surface area contributed by atoms with E-state index in [1.165, 1.54) is 11.3 Å². The van der Waals surface area contributed by atoms with Gasteiger partial charge in [-0.2, -0.15) is 5.10 Å². The van der Waals surface area contributed by atoms with E-state index in [-0.39, 0.29) is 0 Å². The quantitative estimate of drug-likeness (QED) is 0.614. The molecule has 0 saturated heterocycles. The molecule has 0 aromatic carbocycles. The molecular formula is C9H11ClN4. The second kappa shape index (κ2) is 3.00. The van der Waals surface area contributed by atoms with Gasteiger partial charge in [0.25, 0.3) is 0 Å². The second-order valence-corrected chi connectivity index (χ2v) is 3.97. The fourth-order valence-corrected chi connectivity index (χ4v) is 2.34. The maximum absolute atomic E-state index is 6.18. The molecule has 0 aromatic heterocycles. The number of hydrogen-bond acceptors (Lipinski definition) is 4. The topological polar surface area (TPSA) is 39.7 Å². The Labute approximate surface area is 87.3 Å². The molecular weight excluding hydrogens is 200 g/mol. The van der Waals surface area contributed by atoms with E-state index in [0.717, 1.165) is 37.0 Å². The Morgan fingerprint density at radius 3 is 3.36 bits per heavy atom. The van der Waals surface area contributed by atoms with E-state index in [1.54, 1.807) is 0 Å². The van der Waals surface area contributed by atoms with Crippen LogP contribution in [0.1, 0.15) is 6.42 Å². The predicted octanol–water partition coefficient (Wildman–Crippen LogP) is 0.546. The number of amidine groups is 1. The van der Waals surface area contributed by atoms with Crippen molar-refractivity contribution in [3.63, 3.8) is 0 Å². The van der Waals surface area contributed by atoms with Crippen molar-refractivity contribution in [2.75, 3.05) is 19.8 Å². The molecule has 3 aliphatic rings. The van der Waals surface area contributed by atoms with Crippen LogP contribution in [0.3, 0.4) is 0 Å². The zero-order valence-corrected chi connectivity index (χ0v) is 8.43. The first-order valence-corrected chi connectivity index (χ1v) is 5.12. The summed E-state index contributed by atoms with van der Waals surface area (Å²) >= 11 is 6.18. The van der Waals surface area contributed by atoms with E-state index < -0.39 is 0 Å². The van der Waals surface area contributed by atoms with Gasteiger partial charge in [-0.25, -0.2) is 0 Å². The average Bonchev–Trinajstić information content (AvgIpc) is 2.66. The Bertz CT molecular complexity index is 369. The van der Waals surface area contributed by atoms with Crippen molar-refractivity contribution in [1.82, 2.24) is 15.6 Å². The van der Waals surface area contributed by atoms with Crippen molar-refractivity contribution in [2.45, 2.75) is 6.42 Å². The minimum atomic E-state index is 0.773. The second-order valence-electron chi connectivity index (χ2n) is 3.56. The minimum absolute atomic E-state index is 0.773. The van der Waals surface area contributed by atoms with Crippen LogP contribution in [0.2, 0.25) is 0 Å². The molecule has 0 atom stereocenters. The summed E-state index contributed by atoms with van der Waals surface area (Å²) in [4.78, 5) is 2.20. The first-order chi connectivity index (χ1) is 6.86. The molecule has 3 aliphatic heterocycles. The van der Waals surface area contributed by atoms with Crippen LogP contribution < -0.4 is 10.7 Å². The number of halogens is 1. The van der Waals surface area contributed by atoms with E-state index in [4.69, 9.17) is 11.6 Å². The van der Waals surface area contributed by atoms with Crippen LogP contribution in [-0.4, -0.2) is 30.5 Å². The molecule has 0 aromatic rings. The summed E-state index contributed by atoms with van der Waals surface area (Å²) in [6.45, 7) is 2.66. The number of nitrogens with zero attached hydrogens (tertiary/aromatic N) is 2. The van der Waals surface area contributed by atoms with Crippen molar-refractivity contribution in [3.8, 4) is 0 Å². The monoisotopic (exact) mass is 210 g/mol. The lowest BCUT2D eigenvalue weighted by Gasteiger charge is -2.31. The van der Waals surface area contributed by atoms with Gasteiger partial charge in [0.15, 0.2) is 5.84 Å². The molecule has 2 N–H and O–H groups in total. The molecule has 0 aliphatic carbocycles. The molecule has 0 unspecified atom stereocenters. The molecule has 5 heteroatoms. The van der Waals surface area contributed by atoms with Gasteiger partial charge in [0.05, 0.1) is 5.03 Å². The lowest BCUT2D eigenvalue weighted by atomic mass is 10.0. The molecule has 14 heavy (non-hydrogen) atoms. The lowest BCUT2D eigenvalue weighted by molar-refractivity contribution is 0.463. The predicted molar refractivity (Wildman–Crippen MR) is 55.7 cm³/mol. The van der Waals surface area contributed by atoms with E-state index in [0.29, 0.717) is 0 Å². The normalized spacial score (nSPS) is 25.1. The summed E-state index contributed by atoms with van der Waals surface area (Å²) in [6, 6.07) is 0. The van der Waals surface area contributed by atoms with Crippen molar-refractivity contribution < 1.29 is 0 Å². The highest BCUT2D eigenvalue weighted by Crippen LogP contribution is 2.31. The van der Waals surface area contributed by atoms with Crippen molar-refractivity contribution in [1.29, 1.82) is 0 Å². The van der Waals surface area contributed by atoms with Crippen LogP contribution in [0.5, 0.6) is 0 Å². The van der Waals surface area contributed by atoms with Gasteiger partial charge in [-0.1, -0.05) is 11.6 Å². The fourth-order valence-electron chi connectivity index (χ4n) is 2.07. The summed E-state index contributed by atoms with van der Waals surface area (Å²) in [6.07, 6.45) is 2.95. The van der Waals surface area contributed by atoms with E-state index in [2.05, 4.69) is 20.7 Å². The third-order valence-electron chi connectivity index (χ3n) is 2.76. The van der Waals surface area contributed by atoms with Crippen LogP contribution in [-0.2, 0) is 0 Å². The number of hydrazone groups is 1. The molecule has 0 fully saturated rings. The Morgan fingerprint density at radius 2 is 2.43 bits per heavy atom. The minimum Gasteiger partial charge on any atom is -0.312 e. The molecule has 4 nitrogen and oxygen atoms in total. The van der Waals surface area contributed by atoms with Crippen LogP contribution >= 0.6 is 11.6 Å². The van der Waals surface area contributed by atoms with Crippen molar-refractivity contribution in [2.24, 2.45) is 5.10 Å². The largest absolute Gasteiger partial charge is 0.312 e. The molecule has 0 amide bonds. The Morgan fingerprint density at radius 1 is 1.50 bits per heavy atom. The van der Waals surface area contributed by atoms with Crippen LogP contribution in [0.4, 0.5) is 0 Å². The van der Waals surface area contributed by atoms with Crippen LogP contribution in [0.15, 0.2) is 27.5 Å². The van der Waals surface area contributed by atoms with Gasteiger partial charge >= 0.3 is 0 Å². The van der Waals surface area contributed by atoms with Gasteiger partial charge in [-0.3, -0.25) is 5.43 Å². The molecule has 0 radical (unpaired) electrons. The summed E-state index contributed by atoms with van der Waals surface area (Å²) in [5.41, 5.74) is 5.52. The van der Waals surface area contributed by atoms with E-state index in [1.807, 2.05) is 6.08 Å². The Balaban J connectivity index is 2.08. The molecule has 3 heterocycles. The maximum atomic E-state index is 6.18. The molecule has 74 valence electrons. The van der Waals surface area contributed by atoms with Crippen molar-refractivity contribution in [3.05, 3.63) is 22.4 Å². The highest BCUT2D eigenvalue weighted by Gasteiger charge is 2.29. The third kappa shape index (κ3) is 1.07. The first-order valence-electron chi connectivity index (χ1n) is 4.74. The van der Waals surface area contributed by atoms with Gasteiger partial charge in [0, 0.05) is 36.9 Å². The average molecular weight is 211 g/mol. The zero-order chi connectivity index (χ0) is 9.54. The van der Waals surface area contributed by atoms with Crippen LogP contribution in [0, 0.1) is 0 Å². The third-order valence-corrected chi connectivity index (χ3v) is 3.09. The Kier molecular flexibility index (Phi) is 1.78. The summed E-state index contributed by atoms with van der Waals surface area (Å²) in [5, 5.41) is 8.33. The van der Waals surface area contributed by atoms with Gasteiger partial charge in [-0.05, 0) is 0 Å². The SMILES string of the molecule is ClC1=CC2=NNCN2C2=C1CNCC2. The fraction of sp³-hybridized carbons (Fsp3) is 0.444. The van der Waals surface area contributed by atoms with Gasteiger partial charge in [-0.15, -0.1) is 0 Å². The van der Waals surface area contributed by atoms with Gasteiger partial charge < -0.3 is 10.2 Å². The summed E-state index contributed by atoms with van der Waals surface area (Å²) in [5.74, 6) is 0.940. The zero-order valence-electron chi connectivity index (χ0n) is 7.68. The Hall–Kier alpha value is -1.00. The first kappa shape index (κ1) is 8.32. The summed E-state index contributed by atoms with van der Waals surface area (Å²) < 4.78 is 0. The highest BCUT2D eigenvalue weighted by molar-refractivity contribution is 6.34. The highest BCUT2D eigenvalue weighted by atomic mass is 35.5. The van der Waals surface area contributed by atoms with Gasteiger partial charge in [0.1, 0.15) is 6.67 Å².